The van der Waals surface area contributed by atoms with E-state index in [1.807, 2.05) is 72.9 Å². The first-order valence-corrected chi connectivity index (χ1v) is 13.9. The first-order chi connectivity index (χ1) is 20.0. The molecule has 1 amide bonds. The number of anilines is 3. The van der Waals surface area contributed by atoms with Crippen molar-refractivity contribution in [1.29, 1.82) is 0 Å². The van der Waals surface area contributed by atoms with Crippen LogP contribution < -0.4 is 26.8 Å². The SMILES string of the molecule is NC(=O)c1cnc(N[C@@H]2CCCC[C@@H]2N)nc1Nc1cccc2c1ccn2Cc1cccc(Oc2ccccc2)c1. The predicted molar refractivity (Wildman–Crippen MR) is 162 cm³/mol. The average molecular weight is 548 g/mol. The van der Waals surface area contributed by atoms with E-state index in [-0.39, 0.29) is 17.6 Å². The zero-order chi connectivity index (χ0) is 28.2. The maximum atomic E-state index is 12.2. The molecule has 0 unspecified atom stereocenters. The second kappa shape index (κ2) is 11.7. The topological polar surface area (TPSA) is 133 Å². The minimum absolute atomic E-state index is 0.0404. The van der Waals surface area contributed by atoms with Gasteiger partial charge in [-0.3, -0.25) is 4.79 Å². The second-order valence-electron chi connectivity index (χ2n) is 10.4. The predicted octanol–water partition coefficient (Wildman–Crippen LogP) is 5.80. The Labute approximate surface area is 238 Å². The molecule has 1 aliphatic carbocycles. The van der Waals surface area contributed by atoms with Crippen LogP contribution in [0.5, 0.6) is 11.5 Å². The molecule has 5 aromatic rings. The Morgan fingerprint density at radius 2 is 1.78 bits per heavy atom. The summed E-state index contributed by atoms with van der Waals surface area (Å²) >= 11 is 0. The van der Waals surface area contributed by atoms with E-state index in [1.165, 1.54) is 6.20 Å². The highest BCUT2D eigenvalue weighted by molar-refractivity contribution is 6.00. The molecule has 9 heteroatoms. The Kier molecular flexibility index (Phi) is 7.51. The molecule has 0 aliphatic heterocycles. The second-order valence-corrected chi connectivity index (χ2v) is 10.4. The molecule has 3 aromatic carbocycles. The molecule has 1 saturated carbocycles. The Morgan fingerprint density at radius 1 is 0.976 bits per heavy atom. The molecule has 41 heavy (non-hydrogen) atoms. The third kappa shape index (κ3) is 6.00. The fourth-order valence-electron chi connectivity index (χ4n) is 5.36. The number of nitrogens with zero attached hydrogens (tertiary/aromatic N) is 3. The van der Waals surface area contributed by atoms with Gasteiger partial charge in [0.25, 0.3) is 5.91 Å². The largest absolute Gasteiger partial charge is 0.457 e. The molecule has 2 atom stereocenters. The number of nitrogens with two attached hydrogens (primary N) is 2. The van der Waals surface area contributed by atoms with Gasteiger partial charge < -0.3 is 31.4 Å². The van der Waals surface area contributed by atoms with Gasteiger partial charge in [-0.2, -0.15) is 4.98 Å². The summed E-state index contributed by atoms with van der Waals surface area (Å²) in [4.78, 5) is 21.2. The van der Waals surface area contributed by atoms with Crippen molar-refractivity contribution in [2.24, 2.45) is 11.5 Å². The fourth-order valence-corrected chi connectivity index (χ4v) is 5.36. The van der Waals surface area contributed by atoms with Crippen LogP contribution in [0, 0.1) is 0 Å². The van der Waals surface area contributed by atoms with Crippen molar-refractivity contribution in [1.82, 2.24) is 14.5 Å². The molecule has 6 rings (SSSR count). The van der Waals surface area contributed by atoms with Crippen molar-refractivity contribution < 1.29 is 9.53 Å². The normalized spacial score (nSPS) is 16.8. The monoisotopic (exact) mass is 547 g/mol. The molecule has 0 spiro atoms. The Balaban J connectivity index is 1.24. The average Bonchev–Trinajstić information content (AvgIpc) is 3.38. The van der Waals surface area contributed by atoms with Crippen molar-refractivity contribution in [3.63, 3.8) is 0 Å². The molecular formula is C32H33N7O2. The number of benzene rings is 3. The Bertz CT molecular complexity index is 1670. The van der Waals surface area contributed by atoms with E-state index in [0.717, 1.165) is 59.3 Å². The van der Waals surface area contributed by atoms with Crippen molar-refractivity contribution in [3.8, 4) is 11.5 Å². The van der Waals surface area contributed by atoms with Gasteiger partial charge in [0.2, 0.25) is 5.95 Å². The van der Waals surface area contributed by atoms with E-state index in [9.17, 15) is 4.79 Å². The van der Waals surface area contributed by atoms with Crippen molar-refractivity contribution in [2.75, 3.05) is 10.6 Å². The fraction of sp³-hybridized carbons (Fsp3) is 0.219. The number of nitrogens with one attached hydrogen (secondary N) is 2. The molecule has 9 nitrogen and oxygen atoms in total. The van der Waals surface area contributed by atoms with Crippen LogP contribution in [-0.2, 0) is 6.54 Å². The first-order valence-electron chi connectivity index (χ1n) is 13.9. The summed E-state index contributed by atoms with van der Waals surface area (Å²) < 4.78 is 8.20. The summed E-state index contributed by atoms with van der Waals surface area (Å²) in [6.45, 7) is 0.661. The van der Waals surface area contributed by atoms with Gasteiger partial charge in [0.05, 0.1) is 5.52 Å². The van der Waals surface area contributed by atoms with Crippen LogP contribution in [0.25, 0.3) is 10.9 Å². The number of fused-ring (bicyclic) bond motifs is 1. The minimum Gasteiger partial charge on any atom is -0.457 e. The van der Waals surface area contributed by atoms with E-state index in [4.69, 9.17) is 16.2 Å². The third-order valence-corrected chi connectivity index (χ3v) is 7.49. The Morgan fingerprint density at radius 3 is 2.61 bits per heavy atom. The molecule has 1 aliphatic rings. The van der Waals surface area contributed by atoms with Crippen molar-refractivity contribution >= 4 is 34.3 Å². The lowest BCUT2D eigenvalue weighted by Gasteiger charge is -2.29. The van der Waals surface area contributed by atoms with Gasteiger partial charge in [-0.05, 0) is 60.9 Å². The van der Waals surface area contributed by atoms with Gasteiger partial charge in [-0.1, -0.05) is 49.2 Å². The molecule has 0 saturated heterocycles. The van der Waals surface area contributed by atoms with Crippen LogP contribution in [0.1, 0.15) is 41.6 Å². The molecule has 2 heterocycles. The highest BCUT2D eigenvalue weighted by atomic mass is 16.5. The van der Waals surface area contributed by atoms with Gasteiger partial charge in [0.1, 0.15) is 22.9 Å². The zero-order valence-corrected chi connectivity index (χ0v) is 22.7. The minimum atomic E-state index is -0.601. The van der Waals surface area contributed by atoms with Gasteiger partial charge in [0.15, 0.2) is 0 Å². The van der Waals surface area contributed by atoms with Crippen LogP contribution in [0.15, 0.2) is 91.3 Å². The number of hydrogen-bond donors (Lipinski definition) is 4. The molecule has 0 radical (unpaired) electrons. The van der Waals surface area contributed by atoms with Crippen LogP contribution in [0.4, 0.5) is 17.5 Å². The number of primary amides is 1. The third-order valence-electron chi connectivity index (χ3n) is 7.49. The van der Waals surface area contributed by atoms with Crippen LogP contribution in [-0.4, -0.2) is 32.5 Å². The molecule has 2 aromatic heterocycles. The van der Waals surface area contributed by atoms with Gasteiger partial charge in [-0.15, -0.1) is 0 Å². The van der Waals surface area contributed by atoms with Gasteiger partial charge >= 0.3 is 0 Å². The maximum absolute atomic E-state index is 12.2. The highest BCUT2D eigenvalue weighted by Crippen LogP contribution is 2.30. The molecular weight excluding hydrogens is 514 g/mol. The van der Waals surface area contributed by atoms with Crippen LogP contribution in [0.3, 0.4) is 0 Å². The quantitative estimate of drug-likeness (QED) is 0.183. The summed E-state index contributed by atoms with van der Waals surface area (Å²) in [5.74, 6) is 1.75. The standard InChI is InChI=1S/C32H33N7O2/c33-26-12-4-5-13-28(26)37-32-35-19-25(30(34)40)31(38-32)36-27-14-7-15-29-24(27)16-17-39(29)20-21-8-6-11-23(18-21)41-22-9-2-1-3-10-22/h1-3,6-11,14-19,26,28H,4-5,12-13,20,33H2,(H2,34,40)(H2,35,36,37,38)/t26-,28+/m0/s1. The van der Waals surface area contributed by atoms with Crippen molar-refractivity contribution in [2.45, 2.75) is 44.3 Å². The van der Waals surface area contributed by atoms with Crippen LogP contribution >= 0.6 is 0 Å². The molecule has 1 fully saturated rings. The lowest BCUT2D eigenvalue weighted by atomic mass is 9.91. The van der Waals surface area contributed by atoms with E-state index < -0.39 is 5.91 Å². The van der Waals surface area contributed by atoms with E-state index >= 15 is 0 Å². The summed E-state index contributed by atoms with van der Waals surface area (Å²) in [6.07, 6.45) is 7.67. The lowest BCUT2D eigenvalue weighted by Crippen LogP contribution is -2.43. The Hall–Kier alpha value is -4.89. The molecule has 6 N–H and O–H groups in total. The van der Waals surface area contributed by atoms with Gasteiger partial charge in [0, 0.05) is 42.1 Å². The number of carbonyl (C=O) groups excluding carboxylic acids is 1. The lowest BCUT2D eigenvalue weighted by molar-refractivity contribution is 0.100. The van der Waals surface area contributed by atoms with E-state index in [1.54, 1.807) is 0 Å². The number of ether oxygens (including phenoxy) is 1. The van der Waals surface area contributed by atoms with Gasteiger partial charge in [-0.25, -0.2) is 4.98 Å². The van der Waals surface area contributed by atoms with E-state index in [0.29, 0.717) is 18.3 Å². The number of carbonyl (C=O) groups is 1. The highest BCUT2D eigenvalue weighted by Gasteiger charge is 2.23. The van der Waals surface area contributed by atoms with E-state index in [2.05, 4.69) is 37.3 Å². The zero-order valence-electron chi connectivity index (χ0n) is 22.7. The summed E-state index contributed by atoms with van der Waals surface area (Å²) in [6, 6.07) is 26.0. The first kappa shape index (κ1) is 26.3. The molecule has 208 valence electrons. The smallest absolute Gasteiger partial charge is 0.254 e. The number of para-hydroxylation sites is 1. The van der Waals surface area contributed by atoms with Crippen molar-refractivity contribution in [3.05, 3.63) is 102 Å². The molecule has 0 bridgehead atoms. The summed E-state index contributed by atoms with van der Waals surface area (Å²) in [7, 11) is 0. The number of hydrogen-bond acceptors (Lipinski definition) is 7. The maximum Gasteiger partial charge on any atom is 0.254 e. The summed E-state index contributed by atoms with van der Waals surface area (Å²) in [5.41, 5.74) is 15.2. The summed E-state index contributed by atoms with van der Waals surface area (Å²) in [5, 5.41) is 7.69. The van der Waals surface area contributed by atoms with Crippen LogP contribution in [0.2, 0.25) is 0 Å². The number of amides is 1. The number of aromatic nitrogens is 3. The number of rotatable bonds is 9.